The van der Waals surface area contributed by atoms with Crippen LogP contribution in [-0.2, 0) is 0 Å². The summed E-state index contributed by atoms with van der Waals surface area (Å²) < 4.78 is 7.20. The second-order valence-corrected chi connectivity index (χ2v) is 12.6. The van der Waals surface area contributed by atoms with Crippen molar-refractivity contribution in [2.75, 3.05) is 0 Å². The molecule has 48 heavy (non-hydrogen) atoms. The van der Waals surface area contributed by atoms with Gasteiger partial charge in [-0.3, -0.25) is 0 Å². The minimum absolute atomic E-state index is 0.868. The van der Waals surface area contributed by atoms with Gasteiger partial charge in [-0.1, -0.05) is 103 Å². The largest absolute Gasteiger partial charge is 0.309 e. The molecule has 0 atom stereocenters. The molecule has 0 aliphatic heterocycles. The fraction of sp³-hybridized carbons (Fsp3) is 0.0227. The Morgan fingerprint density at radius 1 is 0.396 bits per heavy atom. The van der Waals surface area contributed by atoms with E-state index in [2.05, 4.69) is 172 Å². The molecule has 10 rings (SSSR count). The van der Waals surface area contributed by atoms with Crippen molar-refractivity contribution in [3.8, 4) is 17.1 Å². The van der Waals surface area contributed by atoms with E-state index < -0.39 is 0 Å². The normalized spacial score (nSPS) is 11.9. The smallest absolute Gasteiger partial charge is 0.0793 e. The van der Waals surface area contributed by atoms with Gasteiger partial charge >= 0.3 is 0 Å². The minimum Gasteiger partial charge on any atom is -0.309 e. The zero-order valence-electron chi connectivity index (χ0n) is 26.4. The summed E-state index contributed by atoms with van der Waals surface area (Å²) in [6.07, 6.45) is 1.51. The highest BCUT2D eigenvalue weighted by molar-refractivity contribution is 6.19. The molecule has 4 heteroatoms. The number of hydrogen-bond donors (Lipinski definition) is 1. The Balaban J connectivity index is 1.40. The highest BCUT2D eigenvalue weighted by Crippen LogP contribution is 2.43. The van der Waals surface area contributed by atoms with Crippen molar-refractivity contribution < 1.29 is 0 Å². The Morgan fingerprint density at radius 2 is 0.812 bits per heavy atom. The van der Waals surface area contributed by atoms with Crippen LogP contribution in [0.15, 0.2) is 152 Å². The van der Waals surface area contributed by atoms with Crippen molar-refractivity contribution >= 4 is 71.6 Å². The van der Waals surface area contributed by atoms with Crippen LogP contribution in [0.3, 0.4) is 0 Å². The molecule has 0 bridgehead atoms. The Kier molecular flexibility index (Phi) is 5.61. The summed E-state index contributed by atoms with van der Waals surface area (Å²) >= 11 is 0. The Labute approximate surface area is 276 Å². The average Bonchev–Trinajstić information content (AvgIpc) is 3.76. The monoisotopic (exact) mass is 614 g/mol. The Bertz CT molecular complexity index is 2860. The van der Waals surface area contributed by atoms with E-state index in [1.54, 1.807) is 0 Å². The third-order valence-electron chi connectivity index (χ3n) is 10.0. The van der Waals surface area contributed by atoms with E-state index in [4.69, 9.17) is 5.41 Å². The highest BCUT2D eigenvalue weighted by atomic mass is 15.1. The summed E-state index contributed by atoms with van der Waals surface area (Å²) in [5.41, 5.74) is 12.2. The fourth-order valence-electron chi connectivity index (χ4n) is 8.02. The number of hydrogen-bond acceptors (Lipinski definition) is 1. The van der Waals surface area contributed by atoms with E-state index in [1.807, 2.05) is 0 Å². The average molecular weight is 615 g/mol. The molecule has 0 saturated heterocycles. The molecule has 3 heterocycles. The van der Waals surface area contributed by atoms with Gasteiger partial charge in [0, 0.05) is 49.8 Å². The number of nitrogens with zero attached hydrogens (tertiary/aromatic N) is 3. The van der Waals surface area contributed by atoms with Gasteiger partial charge in [0.05, 0.1) is 44.5 Å². The number of para-hydroxylation sites is 5. The van der Waals surface area contributed by atoms with Crippen molar-refractivity contribution in [3.05, 3.63) is 163 Å². The van der Waals surface area contributed by atoms with E-state index in [-0.39, 0.29) is 0 Å². The van der Waals surface area contributed by atoms with E-state index in [0.29, 0.717) is 0 Å². The molecule has 0 fully saturated rings. The lowest BCUT2D eigenvalue weighted by atomic mass is 10.1. The zero-order chi connectivity index (χ0) is 31.9. The van der Waals surface area contributed by atoms with E-state index >= 15 is 0 Å². The number of nitrogens with one attached hydrogen (secondary N) is 1. The molecule has 0 aliphatic carbocycles. The van der Waals surface area contributed by atoms with Crippen molar-refractivity contribution in [3.63, 3.8) is 0 Å². The second kappa shape index (κ2) is 10.1. The summed E-state index contributed by atoms with van der Waals surface area (Å²) in [5.74, 6) is 0. The number of fused-ring (bicyclic) bond motifs is 9. The molecule has 4 nitrogen and oxygen atoms in total. The van der Waals surface area contributed by atoms with Gasteiger partial charge in [0.1, 0.15) is 0 Å². The first-order valence-corrected chi connectivity index (χ1v) is 16.4. The zero-order valence-corrected chi connectivity index (χ0v) is 26.4. The first kappa shape index (κ1) is 26.8. The van der Waals surface area contributed by atoms with Crippen LogP contribution in [0.4, 0.5) is 0 Å². The van der Waals surface area contributed by atoms with Gasteiger partial charge in [-0.05, 0) is 61.0 Å². The third kappa shape index (κ3) is 3.57. The van der Waals surface area contributed by atoms with Gasteiger partial charge in [-0.15, -0.1) is 0 Å². The van der Waals surface area contributed by atoms with Crippen LogP contribution in [0.5, 0.6) is 0 Å². The lowest BCUT2D eigenvalue weighted by molar-refractivity contribution is 1.07. The molecule has 0 saturated carbocycles. The van der Waals surface area contributed by atoms with Gasteiger partial charge in [-0.2, -0.15) is 0 Å². The summed E-state index contributed by atoms with van der Waals surface area (Å²) in [4.78, 5) is 0. The molecule has 0 amide bonds. The van der Waals surface area contributed by atoms with E-state index in [0.717, 1.165) is 50.3 Å². The standard InChI is InChI=1S/C44H30N4/c1-28-23-24-29(27-45)44(43(28)47-38-20-10-5-15-31(38)32-16-6-11-21-39(32)47)48-40-22-12-8-18-34(40)36-25-41-35(26-42(36)48)33-17-7-9-19-37(33)46(41)30-13-3-2-4-14-30/h2-27,45H,1H3. The van der Waals surface area contributed by atoms with Crippen LogP contribution in [0.2, 0.25) is 0 Å². The molecule has 0 aliphatic rings. The number of aryl methyl sites for hydroxylation is 1. The maximum Gasteiger partial charge on any atom is 0.0793 e. The molecular formula is C44H30N4. The molecule has 0 spiro atoms. The number of benzene rings is 7. The molecule has 226 valence electrons. The molecule has 0 unspecified atom stereocenters. The maximum absolute atomic E-state index is 8.71. The van der Waals surface area contributed by atoms with Gasteiger partial charge in [-0.25, -0.2) is 0 Å². The highest BCUT2D eigenvalue weighted by Gasteiger charge is 2.24. The van der Waals surface area contributed by atoms with Crippen molar-refractivity contribution in [1.29, 1.82) is 5.41 Å². The molecule has 10 aromatic rings. The Morgan fingerprint density at radius 3 is 1.33 bits per heavy atom. The van der Waals surface area contributed by atoms with Crippen molar-refractivity contribution in [2.24, 2.45) is 0 Å². The quantitative estimate of drug-likeness (QED) is 0.192. The van der Waals surface area contributed by atoms with Crippen LogP contribution >= 0.6 is 0 Å². The van der Waals surface area contributed by atoms with Gasteiger partial charge in [0.25, 0.3) is 0 Å². The van der Waals surface area contributed by atoms with Crippen LogP contribution in [0, 0.1) is 12.3 Å². The van der Waals surface area contributed by atoms with E-state index in [1.165, 1.54) is 49.6 Å². The van der Waals surface area contributed by atoms with Crippen LogP contribution in [-0.4, -0.2) is 19.9 Å². The summed E-state index contributed by atoms with van der Waals surface area (Å²) in [5, 5.41) is 15.9. The first-order chi connectivity index (χ1) is 23.7. The van der Waals surface area contributed by atoms with Crippen LogP contribution in [0.25, 0.3) is 82.5 Å². The van der Waals surface area contributed by atoms with Crippen LogP contribution < -0.4 is 0 Å². The van der Waals surface area contributed by atoms with Crippen molar-refractivity contribution in [1.82, 2.24) is 13.7 Å². The summed E-state index contributed by atoms with van der Waals surface area (Å²) in [6, 6.07) is 54.3. The number of aromatic nitrogens is 3. The molecule has 3 aromatic heterocycles. The third-order valence-corrected chi connectivity index (χ3v) is 10.0. The lowest BCUT2D eigenvalue weighted by Crippen LogP contribution is -2.09. The van der Waals surface area contributed by atoms with Crippen molar-refractivity contribution in [2.45, 2.75) is 6.92 Å². The SMILES string of the molecule is Cc1ccc(C=N)c(-n2c3ccccc3c3cc4c(cc32)c2ccccc2n4-c2ccccc2)c1-n1c2ccccc2c2ccccc21. The number of rotatable bonds is 4. The molecular weight excluding hydrogens is 585 g/mol. The molecule has 0 radical (unpaired) electrons. The Hall–Kier alpha value is -6.39. The summed E-state index contributed by atoms with van der Waals surface area (Å²) in [6.45, 7) is 2.19. The molecule has 1 N–H and O–H groups in total. The predicted molar refractivity (Wildman–Crippen MR) is 202 cm³/mol. The van der Waals surface area contributed by atoms with Gasteiger partial charge in [0.15, 0.2) is 0 Å². The minimum atomic E-state index is 0.868. The van der Waals surface area contributed by atoms with Gasteiger partial charge in [0.2, 0.25) is 0 Å². The molecule has 7 aromatic carbocycles. The lowest BCUT2D eigenvalue weighted by Gasteiger charge is -2.21. The topological polar surface area (TPSA) is 38.6 Å². The first-order valence-electron chi connectivity index (χ1n) is 16.4. The fourth-order valence-corrected chi connectivity index (χ4v) is 8.02. The summed E-state index contributed by atoms with van der Waals surface area (Å²) in [7, 11) is 0. The van der Waals surface area contributed by atoms with Gasteiger partial charge < -0.3 is 19.1 Å². The van der Waals surface area contributed by atoms with E-state index in [9.17, 15) is 0 Å². The predicted octanol–water partition coefficient (Wildman–Crippen LogP) is 11.3. The van der Waals surface area contributed by atoms with Crippen LogP contribution in [0.1, 0.15) is 11.1 Å². The maximum atomic E-state index is 8.71. The second-order valence-electron chi connectivity index (χ2n) is 12.6.